The highest BCUT2D eigenvalue weighted by Gasteiger charge is 2.19. The maximum atomic E-state index is 11.8. The van der Waals surface area contributed by atoms with Crippen LogP contribution in [0.25, 0.3) is 0 Å². The number of rotatable bonds is 6. The molecular formula is C16H24N2O2. The quantitative estimate of drug-likeness (QED) is 0.868. The summed E-state index contributed by atoms with van der Waals surface area (Å²) in [7, 11) is 0. The first-order valence-electron chi connectivity index (χ1n) is 7.03. The Bertz CT molecular complexity index is 443. The van der Waals surface area contributed by atoms with Crippen molar-refractivity contribution >= 4 is 11.8 Å². The molecule has 0 bridgehead atoms. The molecule has 0 saturated heterocycles. The molecule has 1 atom stereocenters. The Hall–Kier alpha value is -1.84. The van der Waals surface area contributed by atoms with E-state index in [9.17, 15) is 9.59 Å². The minimum Gasteiger partial charge on any atom is -0.354 e. The highest BCUT2D eigenvalue weighted by molar-refractivity contribution is 5.78. The van der Waals surface area contributed by atoms with E-state index in [1.807, 2.05) is 51.1 Å². The van der Waals surface area contributed by atoms with E-state index in [-0.39, 0.29) is 23.9 Å². The van der Waals surface area contributed by atoms with E-state index < -0.39 is 0 Å². The largest absolute Gasteiger partial charge is 0.354 e. The van der Waals surface area contributed by atoms with Crippen molar-refractivity contribution in [3.8, 4) is 0 Å². The molecule has 0 heterocycles. The highest BCUT2D eigenvalue weighted by Crippen LogP contribution is 2.20. The molecule has 1 aromatic rings. The Labute approximate surface area is 121 Å². The van der Waals surface area contributed by atoms with Gasteiger partial charge in [-0.25, -0.2) is 0 Å². The van der Waals surface area contributed by atoms with Crippen LogP contribution in [0.15, 0.2) is 30.3 Å². The minimum atomic E-state index is -0.0273. The number of amides is 2. The smallest absolute Gasteiger partial charge is 0.221 e. The molecule has 0 fully saturated rings. The number of carbonyl (C=O) groups is 2. The Morgan fingerprint density at radius 2 is 1.75 bits per heavy atom. The second-order valence-electron chi connectivity index (χ2n) is 5.27. The topological polar surface area (TPSA) is 49.4 Å². The SMILES string of the molecule is CC(=O)N(CCC(=O)NC(C)C)C(C)c1ccccc1. The molecule has 0 radical (unpaired) electrons. The Morgan fingerprint density at radius 1 is 1.15 bits per heavy atom. The second kappa shape index (κ2) is 7.68. The van der Waals surface area contributed by atoms with Crippen molar-refractivity contribution < 1.29 is 9.59 Å². The summed E-state index contributed by atoms with van der Waals surface area (Å²) in [6, 6.07) is 9.94. The summed E-state index contributed by atoms with van der Waals surface area (Å²) < 4.78 is 0. The van der Waals surface area contributed by atoms with Crippen LogP contribution in [0.3, 0.4) is 0 Å². The van der Waals surface area contributed by atoms with E-state index in [4.69, 9.17) is 0 Å². The van der Waals surface area contributed by atoms with Crippen LogP contribution in [0.5, 0.6) is 0 Å². The van der Waals surface area contributed by atoms with E-state index in [0.29, 0.717) is 13.0 Å². The lowest BCUT2D eigenvalue weighted by Crippen LogP contribution is -2.37. The molecule has 0 saturated carbocycles. The van der Waals surface area contributed by atoms with Crippen molar-refractivity contribution in [1.82, 2.24) is 10.2 Å². The van der Waals surface area contributed by atoms with E-state index in [0.717, 1.165) is 5.56 Å². The van der Waals surface area contributed by atoms with Gasteiger partial charge in [0.05, 0.1) is 6.04 Å². The number of nitrogens with zero attached hydrogens (tertiary/aromatic N) is 1. The summed E-state index contributed by atoms with van der Waals surface area (Å²) in [5.74, 6) is -0.0368. The van der Waals surface area contributed by atoms with E-state index in [2.05, 4.69) is 5.32 Å². The molecule has 0 aliphatic rings. The first kappa shape index (κ1) is 16.2. The molecule has 1 N–H and O–H groups in total. The van der Waals surface area contributed by atoms with Gasteiger partial charge < -0.3 is 10.2 Å². The monoisotopic (exact) mass is 276 g/mol. The molecule has 4 nitrogen and oxygen atoms in total. The zero-order valence-electron chi connectivity index (χ0n) is 12.7. The molecule has 0 aromatic heterocycles. The standard InChI is InChI=1S/C16H24N2O2/c1-12(2)17-16(20)10-11-18(14(4)19)13(3)15-8-6-5-7-9-15/h5-9,12-13H,10-11H2,1-4H3,(H,17,20). The van der Waals surface area contributed by atoms with Crippen molar-refractivity contribution in [3.63, 3.8) is 0 Å². The number of benzene rings is 1. The van der Waals surface area contributed by atoms with Gasteiger partial charge in [-0.3, -0.25) is 9.59 Å². The van der Waals surface area contributed by atoms with Crippen molar-refractivity contribution in [1.29, 1.82) is 0 Å². The van der Waals surface area contributed by atoms with Gasteiger partial charge in [0.25, 0.3) is 0 Å². The van der Waals surface area contributed by atoms with Crippen molar-refractivity contribution in [3.05, 3.63) is 35.9 Å². The van der Waals surface area contributed by atoms with Crippen molar-refractivity contribution in [2.45, 2.75) is 46.2 Å². The molecular weight excluding hydrogens is 252 g/mol. The molecule has 4 heteroatoms. The molecule has 0 aliphatic carbocycles. The number of nitrogens with one attached hydrogen (secondary N) is 1. The average Bonchev–Trinajstić information content (AvgIpc) is 2.38. The summed E-state index contributed by atoms with van der Waals surface area (Å²) in [6.07, 6.45) is 0.328. The van der Waals surface area contributed by atoms with Crippen LogP contribution in [-0.4, -0.2) is 29.3 Å². The fourth-order valence-electron chi connectivity index (χ4n) is 2.15. The van der Waals surface area contributed by atoms with E-state index >= 15 is 0 Å². The van der Waals surface area contributed by atoms with Crippen LogP contribution in [0.2, 0.25) is 0 Å². The third-order valence-corrected chi connectivity index (χ3v) is 3.18. The number of hydrogen-bond acceptors (Lipinski definition) is 2. The number of hydrogen-bond donors (Lipinski definition) is 1. The Balaban J connectivity index is 2.66. The van der Waals surface area contributed by atoms with E-state index in [1.165, 1.54) is 0 Å². The molecule has 0 aliphatic heterocycles. The first-order chi connectivity index (χ1) is 9.41. The van der Waals surface area contributed by atoms with Crippen molar-refractivity contribution in [2.75, 3.05) is 6.54 Å². The van der Waals surface area contributed by atoms with Gasteiger partial charge in [-0.05, 0) is 26.3 Å². The lowest BCUT2D eigenvalue weighted by atomic mass is 10.1. The molecule has 20 heavy (non-hydrogen) atoms. The molecule has 110 valence electrons. The lowest BCUT2D eigenvalue weighted by molar-refractivity contribution is -0.131. The summed E-state index contributed by atoms with van der Waals surface area (Å²) in [4.78, 5) is 25.2. The van der Waals surface area contributed by atoms with Crippen LogP contribution >= 0.6 is 0 Å². The molecule has 1 rings (SSSR count). The fraction of sp³-hybridized carbons (Fsp3) is 0.500. The predicted octanol–water partition coefficient (Wildman–Crippen LogP) is 2.51. The van der Waals surface area contributed by atoms with Gasteiger partial charge in [-0.2, -0.15) is 0 Å². The predicted molar refractivity (Wildman–Crippen MR) is 80.1 cm³/mol. The Morgan fingerprint density at radius 3 is 2.25 bits per heavy atom. The third kappa shape index (κ3) is 5.03. The van der Waals surface area contributed by atoms with Gasteiger partial charge in [-0.1, -0.05) is 30.3 Å². The zero-order valence-corrected chi connectivity index (χ0v) is 12.7. The lowest BCUT2D eigenvalue weighted by Gasteiger charge is -2.28. The maximum Gasteiger partial charge on any atom is 0.221 e. The van der Waals surface area contributed by atoms with Gasteiger partial charge in [-0.15, -0.1) is 0 Å². The molecule has 1 aromatic carbocycles. The highest BCUT2D eigenvalue weighted by atomic mass is 16.2. The van der Waals surface area contributed by atoms with Crippen LogP contribution < -0.4 is 5.32 Å². The minimum absolute atomic E-state index is 0.0151. The van der Waals surface area contributed by atoms with E-state index in [1.54, 1.807) is 11.8 Å². The molecule has 0 spiro atoms. The summed E-state index contributed by atoms with van der Waals surface area (Å²) >= 11 is 0. The Kier molecular flexibility index (Phi) is 6.22. The van der Waals surface area contributed by atoms with Gasteiger partial charge in [0, 0.05) is 25.9 Å². The van der Waals surface area contributed by atoms with Gasteiger partial charge in [0.15, 0.2) is 0 Å². The first-order valence-corrected chi connectivity index (χ1v) is 7.03. The summed E-state index contributed by atoms with van der Waals surface area (Å²) in [6.45, 7) is 7.81. The summed E-state index contributed by atoms with van der Waals surface area (Å²) in [5.41, 5.74) is 1.08. The molecule has 2 amide bonds. The zero-order chi connectivity index (χ0) is 15.1. The number of carbonyl (C=O) groups excluding carboxylic acids is 2. The summed E-state index contributed by atoms with van der Waals surface area (Å²) in [5, 5.41) is 2.84. The van der Waals surface area contributed by atoms with Crippen LogP contribution in [-0.2, 0) is 9.59 Å². The molecule has 1 unspecified atom stereocenters. The third-order valence-electron chi connectivity index (χ3n) is 3.18. The maximum absolute atomic E-state index is 11.8. The fourth-order valence-corrected chi connectivity index (χ4v) is 2.15. The van der Waals surface area contributed by atoms with Crippen LogP contribution in [0.1, 0.15) is 45.7 Å². The second-order valence-corrected chi connectivity index (χ2v) is 5.27. The normalized spacial score (nSPS) is 12.1. The van der Waals surface area contributed by atoms with Crippen LogP contribution in [0.4, 0.5) is 0 Å². The van der Waals surface area contributed by atoms with Gasteiger partial charge in [0.1, 0.15) is 0 Å². The average molecular weight is 276 g/mol. The van der Waals surface area contributed by atoms with Crippen molar-refractivity contribution in [2.24, 2.45) is 0 Å². The van der Waals surface area contributed by atoms with Gasteiger partial charge >= 0.3 is 0 Å². The van der Waals surface area contributed by atoms with Crippen LogP contribution in [0, 0.1) is 0 Å². The van der Waals surface area contributed by atoms with Gasteiger partial charge in [0.2, 0.25) is 11.8 Å².